The topological polar surface area (TPSA) is 65.7 Å². The third kappa shape index (κ3) is 1.85. The Bertz CT molecular complexity index is 795. The Labute approximate surface area is 115 Å². The van der Waals surface area contributed by atoms with Crippen LogP contribution >= 0.6 is 0 Å². The van der Waals surface area contributed by atoms with Gasteiger partial charge in [0.05, 0.1) is 24.8 Å². The highest BCUT2D eigenvalue weighted by atomic mass is 16.5. The number of methoxy groups -OCH3 is 1. The number of nitrogens with zero attached hydrogens (tertiary/aromatic N) is 3. The molecular formula is C14H13N3O3. The highest BCUT2D eigenvalue weighted by molar-refractivity contribution is 5.98. The molecule has 0 unspecified atom stereocenters. The van der Waals surface area contributed by atoms with Crippen molar-refractivity contribution in [1.29, 1.82) is 0 Å². The van der Waals surface area contributed by atoms with Crippen molar-refractivity contribution in [2.45, 2.75) is 6.92 Å². The molecule has 0 fully saturated rings. The average Bonchev–Trinajstić information content (AvgIpc) is 2.91. The van der Waals surface area contributed by atoms with Gasteiger partial charge in [0.2, 0.25) is 0 Å². The fourth-order valence-electron chi connectivity index (χ4n) is 2.12. The maximum Gasteiger partial charge on any atom is 0.340 e. The van der Waals surface area contributed by atoms with Crippen LogP contribution in [0.25, 0.3) is 16.6 Å². The van der Waals surface area contributed by atoms with Crippen LogP contribution in [0.2, 0.25) is 0 Å². The van der Waals surface area contributed by atoms with Gasteiger partial charge in [-0.2, -0.15) is 4.98 Å². The molecule has 6 nitrogen and oxygen atoms in total. The quantitative estimate of drug-likeness (QED) is 0.682. The van der Waals surface area contributed by atoms with Crippen molar-refractivity contribution in [3.63, 3.8) is 0 Å². The van der Waals surface area contributed by atoms with Crippen molar-refractivity contribution in [1.82, 2.24) is 14.4 Å². The Morgan fingerprint density at radius 1 is 1.35 bits per heavy atom. The van der Waals surface area contributed by atoms with Crippen LogP contribution in [0.15, 0.2) is 30.6 Å². The molecule has 0 amide bonds. The zero-order valence-corrected chi connectivity index (χ0v) is 11.2. The van der Waals surface area contributed by atoms with Gasteiger partial charge in [0.1, 0.15) is 0 Å². The van der Waals surface area contributed by atoms with Crippen molar-refractivity contribution >= 4 is 22.5 Å². The number of rotatable bonds is 3. The van der Waals surface area contributed by atoms with Gasteiger partial charge in [-0.3, -0.25) is 0 Å². The summed E-state index contributed by atoms with van der Waals surface area (Å²) in [6.07, 6.45) is 3.47. The van der Waals surface area contributed by atoms with Gasteiger partial charge < -0.3 is 13.9 Å². The molecule has 3 heterocycles. The predicted octanol–water partition coefficient (Wildman–Crippen LogP) is 2.07. The summed E-state index contributed by atoms with van der Waals surface area (Å²) >= 11 is 0. The van der Waals surface area contributed by atoms with Crippen LogP contribution in [0.1, 0.15) is 17.3 Å². The summed E-state index contributed by atoms with van der Waals surface area (Å²) in [6.45, 7) is 2.13. The van der Waals surface area contributed by atoms with Gasteiger partial charge in [-0.15, -0.1) is 0 Å². The standard InChI is InChI=1S/C14H13N3O3/c1-3-20-13(18)10-6-7-17-11(10)5-4-9-8-15-14(19-2)16-12(9)17/h4-8H,3H2,1-2H3. The van der Waals surface area contributed by atoms with Crippen molar-refractivity contribution in [3.05, 3.63) is 36.2 Å². The minimum atomic E-state index is -0.338. The van der Waals surface area contributed by atoms with Crippen LogP contribution in [0.5, 0.6) is 6.01 Å². The van der Waals surface area contributed by atoms with E-state index in [2.05, 4.69) is 9.97 Å². The molecule has 0 aliphatic rings. The van der Waals surface area contributed by atoms with Gasteiger partial charge in [-0.05, 0) is 25.1 Å². The monoisotopic (exact) mass is 271 g/mol. The highest BCUT2D eigenvalue weighted by Crippen LogP contribution is 2.21. The van der Waals surface area contributed by atoms with E-state index in [1.165, 1.54) is 7.11 Å². The molecule has 6 heteroatoms. The molecule has 0 aromatic carbocycles. The second kappa shape index (κ2) is 4.80. The zero-order chi connectivity index (χ0) is 14.1. The van der Waals surface area contributed by atoms with E-state index >= 15 is 0 Å². The summed E-state index contributed by atoms with van der Waals surface area (Å²) in [4.78, 5) is 20.3. The lowest BCUT2D eigenvalue weighted by Crippen LogP contribution is -2.04. The summed E-state index contributed by atoms with van der Waals surface area (Å²) in [5.74, 6) is -0.338. The van der Waals surface area contributed by atoms with Crippen LogP contribution in [-0.4, -0.2) is 34.1 Å². The van der Waals surface area contributed by atoms with Crippen molar-refractivity contribution in [2.75, 3.05) is 13.7 Å². The van der Waals surface area contributed by atoms with Gasteiger partial charge in [0.25, 0.3) is 0 Å². The summed E-state index contributed by atoms with van der Waals surface area (Å²) in [5.41, 5.74) is 1.95. The third-order valence-electron chi connectivity index (χ3n) is 3.03. The fourth-order valence-corrected chi connectivity index (χ4v) is 2.12. The van der Waals surface area contributed by atoms with Crippen LogP contribution in [0, 0.1) is 0 Å². The average molecular weight is 271 g/mol. The molecule has 3 aromatic rings. The summed E-state index contributed by atoms with van der Waals surface area (Å²) < 4.78 is 11.9. The molecule has 102 valence electrons. The largest absolute Gasteiger partial charge is 0.467 e. The molecule has 0 radical (unpaired) electrons. The smallest absolute Gasteiger partial charge is 0.340 e. The molecule has 0 N–H and O–H groups in total. The number of carbonyl (C=O) groups is 1. The molecule has 0 saturated carbocycles. The van der Waals surface area contributed by atoms with Gasteiger partial charge in [-0.1, -0.05) is 0 Å². The first-order chi connectivity index (χ1) is 9.74. The Balaban J connectivity index is 2.24. The summed E-state index contributed by atoms with van der Waals surface area (Å²) in [6, 6.07) is 5.73. The van der Waals surface area contributed by atoms with E-state index in [1.54, 1.807) is 25.4 Å². The third-order valence-corrected chi connectivity index (χ3v) is 3.03. The Kier molecular flexibility index (Phi) is 2.98. The van der Waals surface area contributed by atoms with Crippen LogP contribution in [-0.2, 0) is 4.74 Å². The molecule has 20 heavy (non-hydrogen) atoms. The van der Waals surface area contributed by atoms with Gasteiger partial charge >= 0.3 is 12.0 Å². The number of fused-ring (bicyclic) bond motifs is 3. The molecule has 0 atom stereocenters. The highest BCUT2D eigenvalue weighted by Gasteiger charge is 2.14. The molecule has 3 rings (SSSR count). The number of aromatic nitrogens is 3. The van der Waals surface area contributed by atoms with Crippen molar-refractivity contribution in [3.8, 4) is 6.01 Å². The Morgan fingerprint density at radius 2 is 2.20 bits per heavy atom. The second-order valence-corrected chi connectivity index (χ2v) is 4.17. The number of hydrogen-bond acceptors (Lipinski definition) is 5. The lowest BCUT2D eigenvalue weighted by Gasteiger charge is -2.05. The van der Waals surface area contributed by atoms with E-state index in [-0.39, 0.29) is 12.0 Å². The molecule has 3 aromatic heterocycles. The molecule has 0 aliphatic carbocycles. The fraction of sp³-hybridized carbons (Fsp3) is 0.214. The van der Waals surface area contributed by atoms with E-state index in [0.717, 1.165) is 10.9 Å². The minimum absolute atomic E-state index is 0.288. The van der Waals surface area contributed by atoms with Gasteiger partial charge in [-0.25, -0.2) is 9.78 Å². The zero-order valence-electron chi connectivity index (χ0n) is 11.2. The van der Waals surface area contributed by atoms with Crippen molar-refractivity contribution < 1.29 is 14.3 Å². The van der Waals surface area contributed by atoms with E-state index in [1.807, 2.05) is 16.5 Å². The van der Waals surface area contributed by atoms with Gasteiger partial charge in [0.15, 0.2) is 5.65 Å². The summed E-state index contributed by atoms with van der Waals surface area (Å²) in [7, 11) is 1.51. The van der Waals surface area contributed by atoms with E-state index < -0.39 is 0 Å². The SMILES string of the molecule is CCOC(=O)c1ccn2c1ccc1cnc(OC)nc12. The number of ether oxygens (including phenoxy) is 2. The van der Waals surface area contributed by atoms with E-state index in [4.69, 9.17) is 9.47 Å². The van der Waals surface area contributed by atoms with E-state index in [0.29, 0.717) is 17.8 Å². The van der Waals surface area contributed by atoms with Crippen LogP contribution < -0.4 is 4.74 Å². The van der Waals surface area contributed by atoms with Crippen molar-refractivity contribution in [2.24, 2.45) is 0 Å². The maximum absolute atomic E-state index is 11.9. The van der Waals surface area contributed by atoms with Crippen LogP contribution in [0.3, 0.4) is 0 Å². The second-order valence-electron chi connectivity index (χ2n) is 4.17. The number of hydrogen-bond donors (Lipinski definition) is 0. The first-order valence-corrected chi connectivity index (χ1v) is 6.22. The molecule has 0 saturated heterocycles. The first kappa shape index (κ1) is 12.4. The normalized spacial score (nSPS) is 10.9. The molecule has 0 bridgehead atoms. The lowest BCUT2D eigenvalue weighted by atomic mass is 10.2. The Morgan fingerprint density at radius 3 is 2.95 bits per heavy atom. The predicted molar refractivity (Wildman–Crippen MR) is 73.0 cm³/mol. The number of pyridine rings is 1. The maximum atomic E-state index is 11.9. The minimum Gasteiger partial charge on any atom is -0.467 e. The molecular weight excluding hydrogens is 258 g/mol. The van der Waals surface area contributed by atoms with Crippen LogP contribution in [0.4, 0.5) is 0 Å². The molecule has 0 aliphatic heterocycles. The number of esters is 1. The van der Waals surface area contributed by atoms with Gasteiger partial charge in [0, 0.05) is 17.8 Å². The lowest BCUT2D eigenvalue weighted by molar-refractivity contribution is 0.0529. The number of carbonyl (C=O) groups excluding carboxylic acids is 1. The Hall–Kier alpha value is -2.63. The molecule has 0 spiro atoms. The first-order valence-electron chi connectivity index (χ1n) is 6.22. The van der Waals surface area contributed by atoms with E-state index in [9.17, 15) is 4.79 Å². The summed E-state index contributed by atoms with van der Waals surface area (Å²) in [5, 5.41) is 0.865.